The van der Waals surface area contributed by atoms with Crippen molar-refractivity contribution in [1.82, 2.24) is 15.5 Å². The predicted molar refractivity (Wildman–Crippen MR) is 117 cm³/mol. The number of rotatable bonds is 3. The molecule has 5 rings (SSSR count). The van der Waals surface area contributed by atoms with Gasteiger partial charge in [0.1, 0.15) is 6.04 Å². The van der Waals surface area contributed by atoms with Crippen LogP contribution in [-0.2, 0) is 4.79 Å². The third-order valence-electron chi connectivity index (χ3n) is 5.88. The Morgan fingerprint density at radius 2 is 1.84 bits per heavy atom. The van der Waals surface area contributed by atoms with Gasteiger partial charge in [-0.15, -0.1) is 0 Å². The minimum absolute atomic E-state index is 0.0315. The zero-order valence-electron chi connectivity index (χ0n) is 17.8. The highest BCUT2D eigenvalue weighted by Gasteiger charge is 2.45. The van der Waals surface area contributed by atoms with E-state index in [1.165, 1.54) is 0 Å². The standard InChI is InChI=1S/C23H24N4O5/c1-12(2)24-23(30)26-17-7-8-27-20(17)21(28)25-16-5-3-13(9-15(16)22(27)29)14-4-6-18-19(10-14)32-11-31-18/h3-6,9-10,12,17,20H,7-8,11H2,1-2H3,(H,25,28)(H2,24,26,30)/t17-,20-/m0/s1. The van der Waals surface area contributed by atoms with Crippen molar-refractivity contribution in [3.05, 3.63) is 42.0 Å². The molecule has 4 amide bonds. The Balaban J connectivity index is 1.43. The topological polar surface area (TPSA) is 109 Å². The molecule has 9 heteroatoms. The van der Waals surface area contributed by atoms with E-state index < -0.39 is 12.1 Å². The fourth-order valence-corrected chi connectivity index (χ4v) is 4.42. The Morgan fingerprint density at radius 3 is 2.66 bits per heavy atom. The third-order valence-corrected chi connectivity index (χ3v) is 5.88. The quantitative estimate of drug-likeness (QED) is 0.684. The SMILES string of the molecule is CC(C)NC(=O)N[C@H]1CCN2C(=O)c3cc(-c4ccc5c(c4)OCO5)ccc3NC(=O)[C@H]12. The fourth-order valence-electron chi connectivity index (χ4n) is 4.42. The maximum absolute atomic E-state index is 13.4. The Bertz CT molecular complexity index is 1120. The highest BCUT2D eigenvalue weighted by Crippen LogP contribution is 2.37. The molecule has 2 atom stereocenters. The number of hydrogen-bond acceptors (Lipinski definition) is 5. The predicted octanol–water partition coefficient (Wildman–Crippen LogP) is 2.33. The summed E-state index contributed by atoms with van der Waals surface area (Å²) >= 11 is 0. The Labute approximate surface area is 185 Å². The average molecular weight is 436 g/mol. The van der Waals surface area contributed by atoms with Gasteiger partial charge < -0.3 is 30.3 Å². The molecule has 3 aliphatic rings. The molecule has 3 heterocycles. The van der Waals surface area contributed by atoms with Gasteiger partial charge in [-0.25, -0.2) is 4.79 Å². The van der Waals surface area contributed by atoms with Gasteiger partial charge in [-0.3, -0.25) is 9.59 Å². The molecule has 32 heavy (non-hydrogen) atoms. The van der Waals surface area contributed by atoms with E-state index in [1.54, 1.807) is 17.0 Å². The molecule has 3 aliphatic heterocycles. The second kappa shape index (κ2) is 7.74. The number of amides is 4. The zero-order chi connectivity index (χ0) is 22.4. The van der Waals surface area contributed by atoms with E-state index in [9.17, 15) is 14.4 Å². The fraction of sp³-hybridized carbons (Fsp3) is 0.348. The van der Waals surface area contributed by atoms with Crippen molar-refractivity contribution in [2.45, 2.75) is 38.4 Å². The smallest absolute Gasteiger partial charge is 0.315 e. The van der Waals surface area contributed by atoms with Crippen molar-refractivity contribution in [2.24, 2.45) is 0 Å². The summed E-state index contributed by atoms with van der Waals surface area (Å²) in [4.78, 5) is 40.1. The van der Waals surface area contributed by atoms with Gasteiger partial charge in [-0.05, 0) is 55.7 Å². The van der Waals surface area contributed by atoms with Crippen LogP contribution in [0.5, 0.6) is 11.5 Å². The first-order valence-electron chi connectivity index (χ1n) is 10.6. The van der Waals surface area contributed by atoms with Gasteiger partial charge in [-0.2, -0.15) is 0 Å². The first-order valence-corrected chi connectivity index (χ1v) is 10.6. The molecular formula is C23H24N4O5. The van der Waals surface area contributed by atoms with Gasteiger partial charge in [0, 0.05) is 12.6 Å². The number of fused-ring (bicyclic) bond motifs is 3. The number of urea groups is 1. The summed E-state index contributed by atoms with van der Waals surface area (Å²) in [5.74, 6) is 0.803. The van der Waals surface area contributed by atoms with Crippen molar-refractivity contribution >= 4 is 23.5 Å². The minimum atomic E-state index is -0.762. The molecule has 0 unspecified atom stereocenters. The number of anilines is 1. The highest BCUT2D eigenvalue weighted by atomic mass is 16.7. The number of carbonyl (C=O) groups excluding carboxylic acids is 3. The number of ether oxygens (including phenoxy) is 2. The molecule has 3 N–H and O–H groups in total. The Morgan fingerprint density at radius 1 is 1.09 bits per heavy atom. The van der Waals surface area contributed by atoms with Crippen molar-refractivity contribution in [3.8, 4) is 22.6 Å². The van der Waals surface area contributed by atoms with Gasteiger partial charge in [0.05, 0.1) is 17.3 Å². The average Bonchev–Trinajstić information content (AvgIpc) is 3.37. The van der Waals surface area contributed by atoms with Gasteiger partial charge in [0.15, 0.2) is 11.5 Å². The van der Waals surface area contributed by atoms with Crippen LogP contribution in [0.25, 0.3) is 11.1 Å². The largest absolute Gasteiger partial charge is 0.454 e. The molecule has 9 nitrogen and oxygen atoms in total. The van der Waals surface area contributed by atoms with Crippen LogP contribution in [0.3, 0.4) is 0 Å². The van der Waals surface area contributed by atoms with Crippen molar-refractivity contribution < 1.29 is 23.9 Å². The summed E-state index contributed by atoms with van der Waals surface area (Å²) in [7, 11) is 0. The molecule has 0 spiro atoms. The molecule has 0 bridgehead atoms. The third kappa shape index (κ3) is 3.49. The molecule has 0 aliphatic carbocycles. The lowest BCUT2D eigenvalue weighted by atomic mass is 10.0. The van der Waals surface area contributed by atoms with Gasteiger partial charge >= 0.3 is 6.03 Å². The maximum atomic E-state index is 13.4. The number of hydrogen-bond donors (Lipinski definition) is 3. The second-order valence-corrected chi connectivity index (χ2v) is 8.43. The number of nitrogens with one attached hydrogen (secondary N) is 3. The summed E-state index contributed by atoms with van der Waals surface area (Å²) in [5, 5.41) is 8.48. The van der Waals surface area contributed by atoms with Crippen molar-refractivity contribution in [3.63, 3.8) is 0 Å². The summed E-state index contributed by atoms with van der Waals surface area (Å²) in [6, 6.07) is 9.38. The maximum Gasteiger partial charge on any atom is 0.315 e. The molecule has 0 aromatic heterocycles. The number of nitrogens with zero attached hydrogens (tertiary/aromatic N) is 1. The molecule has 2 aromatic rings. The molecule has 0 radical (unpaired) electrons. The van der Waals surface area contributed by atoms with Crippen molar-refractivity contribution in [1.29, 1.82) is 0 Å². The summed E-state index contributed by atoms with van der Waals surface area (Å²) in [6.07, 6.45) is 0.506. The molecule has 166 valence electrons. The monoisotopic (exact) mass is 436 g/mol. The van der Waals surface area contributed by atoms with E-state index in [4.69, 9.17) is 9.47 Å². The van der Waals surface area contributed by atoms with Crippen LogP contribution in [-0.4, -0.2) is 54.2 Å². The molecule has 1 fully saturated rings. The van der Waals surface area contributed by atoms with Crippen LogP contribution < -0.4 is 25.4 Å². The van der Waals surface area contributed by atoms with Crippen LogP contribution in [0, 0.1) is 0 Å². The van der Waals surface area contributed by atoms with E-state index in [2.05, 4.69) is 16.0 Å². The molecular weight excluding hydrogens is 412 g/mol. The van der Waals surface area contributed by atoms with E-state index in [-0.39, 0.29) is 30.7 Å². The summed E-state index contributed by atoms with van der Waals surface area (Å²) < 4.78 is 10.8. The Kier molecular flexibility index (Phi) is 4.88. The number of benzene rings is 2. The van der Waals surface area contributed by atoms with E-state index in [0.717, 1.165) is 11.1 Å². The van der Waals surface area contributed by atoms with Gasteiger partial charge in [0.2, 0.25) is 12.7 Å². The van der Waals surface area contributed by atoms with E-state index in [0.29, 0.717) is 35.7 Å². The van der Waals surface area contributed by atoms with Crippen LogP contribution in [0.2, 0.25) is 0 Å². The van der Waals surface area contributed by atoms with Crippen LogP contribution >= 0.6 is 0 Å². The lowest BCUT2D eigenvalue weighted by Crippen LogP contribution is -2.54. The van der Waals surface area contributed by atoms with Gasteiger partial charge in [-0.1, -0.05) is 12.1 Å². The first-order chi connectivity index (χ1) is 15.4. The van der Waals surface area contributed by atoms with Gasteiger partial charge in [0.25, 0.3) is 5.91 Å². The zero-order valence-corrected chi connectivity index (χ0v) is 17.8. The normalized spacial score (nSPS) is 21.0. The van der Waals surface area contributed by atoms with Crippen LogP contribution in [0.1, 0.15) is 30.6 Å². The van der Waals surface area contributed by atoms with E-state index in [1.807, 2.05) is 38.1 Å². The van der Waals surface area contributed by atoms with Crippen LogP contribution in [0.4, 0.5) is 10.5 Å². The lowest BCUT2D eigenvalue weighted by molar-refractivity contribution is -0.120. The second-order valence-electron chi connectivity index (χ2n) is 8.43. The minimum Gasteiger partial charge on any atom is -0.454 e. The lowest BCUT2D eigenvalue weighted by Gasteiger charge is -2.25. The number of carbonyl (C=O) groups is 3. The molecule has 0 saturated carbocycles. The first kappa shape index (κ1) is 20.2. The van der Waals surface area contributed by atoms with Crippen molar-refractivity contribution in [2.75, 3.05) is 18.7 Å². The van der Waals surface area contributed by atoms with Crippen LogP contribution in [0.15, 0.2) is 36.4 Å². The summed E-state index contributed by atoms with van der Waals surface area (Å²) in [6.45, 7) is 4.29. The Hall–Kier alpha value is -3.75. The summed E-state index contributed by atoms with van der Waals surface area (Å²) in [5.41, 5.74) is 2.59. The highest BCUT2D eigenvalue weighted by molar-refractivity contribution is 6.11. The molecule has 1 saturated heterocycles. The molecule has 2 aromatic carbocycles. The van der Waals surface area contributed by atoms with E-state index >= 15 is 0 Å².